The van der Waals surface area contributed by atoms with Gasteiger partial charge in [-0.15, -0.1) is 0 Å². The van der Waals surface area contributed by atoms with Gasteiger partial charge in [0.25, 0.3) is 5.91 Å². The lowest BCUT2D eigenvalue weighted by Crippen LogP contribution is -2.45. The average molecular weight is 415 g/mol. The molecular formula is C24H34N2O2S. The highest BCUT2D eigenvalue weighted by atomic mass is 32.2. The van der Waals surface area contributed by atoms with E-state index in [4.69, 9.17) is 0 Å². The minimum Gasteiger partial charge on any atom is -0.287 e. The zero-order chi connectivity index (χ0) is 21.4. The molecule has 158 valence electrons. The Balaban J connectivity index is 1.87. The second-order valence-corrected chi connectivity index (χ2v) is 9.66. The molecule has 1 amide bonds. The van der Waals surface area contributed by atoms with E-state index in [0.29, 0.717) is 0 Å². The number of hydrogen-bond acceptors (Lipinski definition) is 4. The summed E-state index contributed by atoms with van der Waals surface area (Å²) in [6, 6.07) is -0.279. The molecule has 0 bridgehead atoms. The predicted octanol–water partition coefficient (Wildman–Crippen LogP) is 5.17. The van der Waals surface area contributed by atoms with Gasteiger partial charge in [-0.3, -0.25) is 15.0 Å². The Morgan fingerprint density at radius 1 is 1.21 bits per heavy atom. The summed E-state index contributed by atoms with van der Waals surface area (Å²) in [6.07, 6.45) is 16.3. The van der Waals surface area contributed by atoms with Crippen LogP contribution >= 0.6 is 11.8 Å². The summed E-state index contributed by atoms with van der Waals surface area (Å²) >= 11 is 1.30. The molecule has 0 aromatic heterocycles. The third-order valence-corrected chi connectivity index (χ3v) is 6.45. The second-order valence-electron chi connectivity index (χ2n) is 8.57. The molecule has 0 saturated carbocycles. The van der Waals surface area contributed by atoms with E-state index in [1.165, 1.54) is 53.8 Å². The molecule has 2 N–H and O–H groups in total. The summed E-state index contributed by atoms with van der Waals surface area (Å²) < 4.78 is 0. The molecule has 0 aromatic carbocycles. The van der Waals surface area contributed by atoms with E-state index in [1.807, 2.05) is 25.2 Å². The SMILES string of the molecule is CC(C=CC1=C(C)CCCC1(C)C)=CC=CC(C)=CC(=O)NN[C@H]1CCSC1=O. The van der Waals surface area contributed by atoms with E-state index in [-0.39, 0.29) is 22.5 Å². The molecule has 4 nitrogen and oxygen atoms in total. The fourth-order valence-electron chi connectivity index (χ4n) is 3.71. The van der Waals surface area contributed by atoms with Gasteiger partial charge in [-0.1, -0.05) is 67.1 Å². The van der Waals surface area contributed by atoms with Gasteiger partial charge in [0.1, 0.15) is 0 Å². The van der Waals surface area contributed by atoms with Crippen LogP contribution in [0.2, 0.25) is 0 Å². The van der Waals surface area contributed by atoms with Crippen molar-refractivity contribution in [2.75, 3.05) is 5.75 Å². The second kappa shape index (κ2) is 10.8. The first-order valence-corrected chi connectivity index (χ1v) is 11.3. The number of allylic oxidation sites excluding steroid dienone is 9. The van der Waals surface area contributed by atoms with Crippen molar-refractivity contribution in [3.05, 3.63) is 58.7 Å². The lowest BCUT2D eigenvalue weighted by atomic mass is 9.72. The van der Waals surface area contributed by atoms with Crippen molar-refractivity contribution in [1.82, 2.24) is 10.9 Å². The highest BCUT2D eigenvalue weighted by Crippen LogP contribution is 2.40. The van der Waals surface area contributed by atoms with Gasteiger partial charge in [0.15, 0.2) is 0 Å². The Labute approximate surface area is 179 Å². The van der Waals surface area contributed by atoms with Crippen LogP contribution in [0.3, 0.4) is 0 Å². The highest BCUT2D eigenvalue weighted by molar-refractivity contribution is 8.14. The van der Waals surface area contributed by atoms with E-state index >= 15 is 0 Å². The van der Waals surface area contributed by atoms with Crippen molar-refractivity contribution in [3.63, 3.8) is 0 Å². The Hall–Kier alpha value is -1.85. The molecule has 0 spiro atoms. The number of thioether (sulfide) groups is 1. The minimum atomic E-state index is -0.279. The summed E-state index contributed by atoms with van der Waals surface area (Å²) in [5.41, 5.74) is 10.6. The van der Waals surface area contributed by atoms with Crippen LogP contribution < -0.4 is 10.9 Å². The molecule has 0 aromatic rings. The van der Waals surface area contributed by atoms with Crippen LogP contribution in [-0.4, -0.2) is 22.8 Å². The number of hydrazine groups is 1. The van der Waals surface area contributed by atoms with Gasteiger partial charge in [0, 0.05) is 11.8 Å². The first-order valence-electron chi connectivity index (χ1n) is 10.3. The third-order valence-electron chi connectivity index (χ3n) is 5.44. The number of nitrogens with one attached hydrogen (secondary N) is 2. The van der Waals surface area contributed by atoms with Crippen LogP contribution in [0.5, 0.6) is 0 Å². The largest absolute Gasteiger partial charge is 0.287 e. The Morgan fingerprint density at radius 2 is 1.97 bits per heavy atom. The van der Waals surface area contributed by atoms with Crippen molar-refractivity contribution in [2.45, 2.75) is 66.3 Å². The van der Waals surface area contributed by atoms with Crippen molar-refractivity contribution in [2.24, 2.45) is 5.41 Å². The van der Waals surface area contributed by atoms with Crippen LogP contribution in [0.25, 0.3) is 0 Å². The summed E-state index contributed by atoms with van der Waals surface area (Å²) in [5.74, 6) is 0.553. The van der Waals surface area contributed by atoms with Crippen molar-refractivity contribution >= 4 is 22.8 Å². The standard InChI is InChI=1S/C24H34N2O2S/c1-17(11-12-20-19(3)10-7-14-24(20,4)5)8-6-9-18(2)16-22(27)26-25-21-13-15-29-23(21)28/h6,8-9,11-12,16,21,25H,7,10,13-15H2,1-5H3,(H,26,27)/t21-/m0/s1. The molecule has 1 aliphatic heterocycles. The molecule has 2 rings (SSSR count). The van der Waals surface area contributed by atoms with Crippen LogP contribution in [0.4, 0.5) is 0 Å². The van der Waals surface area contributed by atoms with Gasteiger partial charge >= 0.3 is 0 Å². The van der Waals surface area contributed by atoms with Crippen LogP contribution in [0.1, 0.15) is 60.3 Å². The number of carbonyl (C=O) groups excluding carboxylic acids is 2. The van der Waals surface area contributed by atoms with Gasteiger partial charge in [0.05, 0.1) is 6.04 Å². The molecule has 1 aliphatic carbocycles. The zero-order valence-electron chi connectivity index (χ0n) is 18.3. The number of rotatable bonds is 7. The van der Waals surface area contributed by atoms with Crippen molar-refractivity contribution < 1.29 is 9.59 Å². The third kappa shape index (κ3) is 7.48. The molecule has 2 aliphatic rings. The Kier molecular flexibility index (Phi) is 8.72. The summed E-state index contributed by atoms with van der Waals surface area (Å²) in [5, 5.41) is 0.0853. The number of amides is 1. The molecule has 0 unspecified atom stereocenters. The van der Waals surface area contributed by atoms with Gasteiger partial charge in [0.2, 0.25) is 5.12 Å². The summed E-state index contributed by atoms with van der Waals surface area (Å²) in [7, 11) is 0. The summed E-state index contributed by atoms with van der Waals surface area (Å²) in [6.45, 7) is 10.9. The molecule has 1 fully saturated rings. The maximum Gasteiger partial charge on any atom is 0.258 e. The molecule has 0 radical (unpaired) electrons. The molecule has 1 heterocycles. The molecule has 1 atom stereocenters. The zero-order valence-corrected chi connectivity index (χ0v) is 19.1. The Bertz CT molecular complexity index is 785. The van der Waals surface area contributed by atoms with E-state index < -0.39 is 0 Å². The molecule has 5 heteroatoms. The van der Waals surface area contributed by atoms with Gasteiger partial charge in [-0.05, 0) is 63.0 Å². The smallest absolute Gasteiger partial charge is 0.258 e. The van der Waals surface area contributed by atoms with Crippen LogP contribution in [0, 0.1) is 5.41 Å². The van der Waals surface area contributed by atoms with Crippen molar-refractivity contribution in [3.8, 4) is 0 Å². The molecular weight excluding hydrogens is 380 g/mol. The van der Waals surface area contributed by atoms with E-state index in [9.17, 15) is 9.59 Å². The van der Waals surface area contributed by atoms with E-state index in [0.717, 1.165) is 17.7 Å². The monoisotopic (exact) mass is 414 g/mol. The first kappa shape index (κ1) is 23.4. The normalized spacial score (nSPS) is 23.5. The van der Waals surface area contributed by atoms with Gasteiger partial charge < -0.3 is 0 Å². The molecule has 1 saturated heterocycles. The van der Waals surface area contributed by atoms with Crippen LogP contribution in [0.15, 0.2) is 58.7 Å². The van der Waals surface area contributed by atoms with Gasteiger partial charge in [-0.25, -0.2) is 5.43 Å². The average Bonchev–Trinajstić information content (AvgIpc) is 3.04. The van der Waals surface area contributed by atoms with E-state index in [2.05, 4.69) is 50.7 Å². The van der Waals surface area contributed by atoms with E-state index in [1.54, 1.807) is 0 Å². The summed E-state index contributed by atoms with van der Waals surface area (Å²) in [4.78, 5) is 23.5. The maximum absolute atomic E-state index is 11.9. The lowest BCUT2D eigenvalue weighted by Gasteiger charge is -2.32. The fourth-order valence-corrected chi connectivity index (χ4v) is 4.64. The lowest BCUT2D eigenvalue weighted by molar-refractivity contribution is -0.118. The predicted molar refractivity (Wildman–Crippen MR) is 123 cm³/mol. The minimum absolute atomic E-state index is 0.0853. The van der Waals surface area contributed by atoms with Gasteiger partial charge in [-0.2, -0.15) is 0 Å². The maximum atomic E-state index is 11.9. The highest BCUT2D eigenvalue weighted by Gasteiger charge is 2.26. The fraction of sp³-hybridized carbons (Fsp3) is 0.500. The van der Waals surface area contributed by atoms with Crippen LogP contribution in [-0.2, 0) is 9.59 Å². The molecule has 29 heavy (non-hydrogen) atoms. The topological polar surface area (TPSA) is 58.2 Å². The Morgan fingerprint density at radius 3 is 2.62 bits per heavy atom. The quantitative estimate of drug-likeness (QED) is 0.343. The first-order chi connectivity index (χ1) is 13.7. The van der Waals surface area contributed by atoms with Crippen molar-refractivity contribution in [1.29, 1.82) is 0 Å². The number of hydrogen-bond donors (Lipinski definition) is 2. The number of carbonyl (C=O) groups is 2.